The van der Waals surface area contributed by atoms with Crippen molar-refractivity contribution in [2.24, 2.45) is 0 Å². The van der Waals surface area contributed by atoms with Crippen LogP contribution in [-0.2, 0) is 6.54 Å². The van der Waals surface area contributed by atoms with Gasteiger partial charge in [0.05, 0.1) is 20.1 Å². The molecule has 180 valence electrons. The predicted octanol–water partition coefficient (Wildman–Crippen LogP) is 9.69. The molecule has 1 atom stereocenters. The van der Waals surface area contributed by atoms with Crippen LogP contribution < -0.4 is 0 Å². The lowest BCUT2D eigenvalue weighted by atomic mass is 10.0. The molecule has 1 aromatic carbocycles. The molecule has 0 fully saturated rings. The molecule has 0 heterocycles. The molecule has 0 saturated heterocycles. The lowest BCUT2D eigenvalue weighted by Crippen LogP contribution is -2.43. The van der Waals surface area contributed by atoms with Crippen molar-refractivity contribution in [3.63, 3.8) is 0 Å². The van der Waals surface area contributed by atoms with E-state index in [0.717, 1.165) is 0 Å². The smallest absolute Gasteiger partial charge is 0.104 e. The van der Waals surface area contributed by atoms with Crippen LogP contribution in [0.4, 0.5) is 0 Å². The molecular formula is C30H56N+. The summed E-state index contributed by atoms with van der Waals surface area (Å²) in [5, 5.41) is 0. The highest BCUT2D eigenvalue weighted by atomic mass is 15.3. The van der Waals surface area contributed by atoms with Crippen LogP contribution in [0.25, 0.3) is 0 Å². The highest BCUT2D eigenvalue weighted by molar-refractivity contribution is 5.13. The first-order valence-electron chi connectivity index (χ1n) is 14.1. The van der Waals surface area contributed by atoms with E-state index in [9.17, 15) is 0 Å². The molecule has 0 radical (unpaired) electrons. The van der Waals surface area contributed by atoms with Crippen molar-refractivity contribution in [1.29, 1.82) is 0 Å². The molecule has 0 spiro atoms. The zero-order valence-corrected chi connectivity index (χ0v) is 21.7. The Kier molecular flexibility index (Phi) is 18.1. The lowest BCUT2D eigenvalue weighted by Gasteiger charge is -2.33. The van der Waals surface area contributed by atoms with Gasteiger partial charge in [-0.15, -0.1) is 0 Å². The van der Waals surface area contributed by atoms with Gasteiger partial charge in [0.2, 0.25) is 0 Å². The van der Waals surface area contributed by atoms with E-state index in [2.05, 4.69) is 51.2 Å². The second-order valence-corrected chi connectivity index (χ2v) is 10.3. The number of hydrogen-bond acceptors (Lipinski definition) is 0. The van der Waals surface area contributed by atoms with Crippen LogP contribution in [0, 0.1) is 0 Å². The summed E-state index contributed by atoms with van der Waals surface area (Å²) >= 11 is 0. The maximum Gasteiger partial charge on any atom is 0.104 e. The Morgan fingerprint density at radius 3 is 1.29 bits per heavy atom. The fourth-order valence-electron chi connectivity index (χ4n) is 4.77. The molecule has 0 N–H and O–H groups in total. The normalized spacial score (nSPS) is 13.4. The van der Waals surface area contributed by atoms with Crippen molar-refractivity contribution in [3.8, 4) is 0 Å². The predicted molar refractivity (Wildman–Crippen MR) is 141 cm³/mol. The van der Waals surface area contributed by atoms with E-state index >= 15 is 0 Å². The van der Waals surface area contributed by atoms with Crippen molar-refractivity contribution >= 4 is 0 Å². The van der Waals surface area contributed by atoms with Gasteiger partial charge < -0.3 is 4.48 Å². The Bertz CT molecular complexity index is 482. The Hall–Kier alpha value is -0.820. The maximum absolute atomic E-state index is 2.43. The first-order valence-corrected chi connectivity index (χ1v) is 14.1. The average Bonchev–Trinajstić information content (AvgIpc) is 2.79. The standard InChI is InChI=1S/C30H56N/c1-4-6-7-8-9-10-11-12-13-14-15-16-17-18-19-20-21-25-28-31(3,5-2)29-30-26-23-22-24-27-30/h22-24,26-27H,4-21,25,28-29H2,1-3H3/q+1. The van der Waals surface area contributed by atoms with E-state index in [1.54, 1.807) is 0 Å². The highest BCUT2D eigenvalue weighted by Gasteiger charge is 2.18. The molecule has 1 unspecified atom stereocenters. The Labute approximate surface area is 196 Å². The Balaban J connectivity index is 1.85. The van der Waals surface area contributed by atoms with E-state index in [-0.39, 0.29) is 0 Å². The molecule has 1 rings (SSSR count). The van der Waals surface area contributed by atoms with E-state index in [1.807, 2.05) is 0 Å². The number of nitrogens with zero attached hydrogens (tertiary/aromatic N) is 1. The van der Waals surface area contributed by atoms with E-state index in [0.29, 0.717) is 0 Å². The molecule has 0 aliphatic carbocycles. The van der Waals surface area contributed by atoms with Crippen LogP contribution in [0.5, 0.6) is 0 Å². The SMILES string of the molecule is CCCCCCCCCCCCCCCCCCCC[N+](C)(CC)Cc1ccccc1. The van der Waals surface area contributed by atoms with Gasteiger partial charge >= 0.3 is 0 Å². The van der Waals surface area contributed by atoms with E-state index in [1.165, 1.54) is 145 Å². The third-order valence-corrected chi connectivity index (χ3v) is 7.22. The van der Waals surface area contributed by atoms with Crippen LogP contribution >= 0.6 is 0 Å². The van der Waals surface area contributed by atoms with Crippen molar-refractivity contribution in [1.82, 2.24) is 0 Å². The molecule has 1 nitrogen and oxygen atoms in total. The number of rotatable bonds is 22. The summed E-state index contributed by atoms with van der Waals surface area (Å²) in [6.07, 6.45) is 26.2. The lowest BCUT2D eigenvalue weighted by molar-refractivity contribution is -0.921. The van der Waals surface area contributed by atoms with Crippen molar-refractivity contribution < 1.29 is 4.48 Å². The van der Waals surface area contributed by atoms with Gasteiger partial charge in [-0.2, -0.15) is 0 Å². The zero-order chi connectivity index (χ0) is 22.5. The molecule has 0 saturated carbocycles. The van der Waals surface area contributed by atoms with Gasteiger partial charge in [0.1, 0.15) is 6.54 Å². The summed E-state index contributed by atoms with van der Waals surface area (Å²) in [5.41, 5.74) is 1.48. The quantitative estimate of drug-likeness (QED) is 0.127. The molecule has 0 aliphatic heterocycles. The molecule has 1 heteroatoms. The summed E-state index contributed by atoms with van der Waals surface area (Å²) in [6, 6.07) is 11.0. The summed E-state index contributed by atoms with van der Waals surface area (Å²) in [7, 11) is 2.43. The fourth-order valence-corrected chi connectivity index (χ4v) is 4.77. The van der Waals surface area contributed by atoms with E-state index in [4.69, 9.17) is 0 Å². The minimum Gasteiger partial charge on any atom is -0.323 e. The average molecular weight is 431 g/mol. The number of unbranched alkanes of at least 4 members (excludes halogenated alkanes) is 17. The second kappa shape index (κ2) is 19.8. The van der Waals surface area contributed by atoms with Crippen molar-refractivity contribution in [2.45, 2.75) is 136 Å². The molecule has 0 bridgehead atoms. The van der Waals surface area contributed by atoms with Gasteiger partial charge in [-0.1, -0.05) is 140 Å². The second-order valence-electron chi connectivity index (χ2n) is 10.3. The third kappa shape index (κ3) is 16.5. The minimum atomic E-state index is 1.18. The zero-order valence-electron chi connectivity index (χ0n) is 21.7. The number of quaternary nitrogens is 1. The third-order valence-electron chi connectivity index (χ3n) is 7.22. The van der Waals surface area contributed by atoms with Crippen LogP contribution in [0.15, 0.2) is 30.3 Å². The number of benzene rings is 1. The number of hydrogen-bond donors (Lipinski definition) is 0. The first-order chi connectivity index (χ1) is 15.2. The van der Waals surface area contributed by atoms with Gasteiger partial charge in [0.15, 0.2) is 0 Å². The van der Waals surface area contributed by atoms with Gasteiger partial charge in [-0.3, -0.25) is 0 Å². The van der Waals surface area contributed by atoms with Gasteiger partial charge in [0.25, 0.3) is 0 Å². The summed E-state index contributed by atoms with van der Waals surface area (Å²) in [4.78, 5) is 0. The maximum atomic E-state index is 2.43. The van der Waals surface area contributed by atoms with Crippen molar-refractivity contribution in [2.75, 3.05) is 20.1 Å². The molecular weight excluding hydrogens is 374 g/mol. The fraction of sp³-hybridized carbons (Fsp3) is 0.800. The minimum absolute atomic E-state index is 1.18. The van der Waals surface area contributed by atoms with Crippen LogP contribution in [-0.4, -0.2) is 24.6 Å². The molecule has 31 heavy (non-hydrogen) atoms. The van der Waals surface area contributed by atoms with Crippen LogP contribution in [0.2, 0.25) is 0 Å². The molecule has 0 amide bonds. The van der Waals surface area contributed by atoms with Gasteiger partial charge in [-0.05, 0) is 19.8 Å². The summed E-state index contributed by atoms with van der Waals surface area (Å²) < 4.78 is 1.18. The van der Waals surface area contributed by atoms with E-state index < -0.39 is 0 Å². The first kappa shape index (κ1) is 28.2. The van der Waals surface area contributed by atoms with Crippen LogP contribution in [0.1, 0.15) is 135 Å². The largest absolute Gasteiger partial charge is 0.323 e. The molecule has 1 aromatic rings. The molecule has 0 aliphatic rings. The monoisotopic (exact) mass is 430 g/mol. The van der Waals surface area contributed by atoms with Gasteiger partial charge in [-0.25, -0.2) is 0 Å². The summed E-state index contributed by atoms with van der Waals surface area (Å²) in [5.74, 6) is 0. The topological polar surface area (TPSA) is 0 Å². The highest BCUT2D eigenvalue weighted by Crippen LogP contribution is 2.16. The Morgan fingerprint density at radius 1 is 0.516 bits per heavy atom. The summed E-state index contributed by atoms with van der Waals surface area (Å²) in [6.45, 7) is 8.38. The van der Waals surface area contributed by atoms with Gasteiger partial charge in [0, 0.05) is 5.56 Å². The molecule has 0 aromatic heterocycles. The van der Waals surface area contributed by atoms with Crippen LogP contribution in [0.3, 0.4) is 0 Å². The Morgan fingerprint density at radius 2 is 0.903 bits per heavy atom. The van der Waals surface area contributed by atoms with Crippen molar-refractivity contribution in [3.05, 3.63) is 35.9 Å².